The molecule has 0 bridgehead atoms. The largest absolute Gasteiger partial charge is 0.446 e. The zero-order valence-corrected chi connectivity index (χ0v) is 10.2. The third-order valence-corrected chi connectivity index (χ3v) is 3.38. The van der Waals surface area contributed by atoms with E-state index in [4.69, 9.17) is 9.47 Å². The monoisotopic (exact) mass is 248 g/mol. The lowest BCUT2D eigenvalue weighted by atomic mass is 10.2. The Bertz CT molecular complexity index is 419. The van der Waals surface area contributed by atoms with Crippen molar-refractivity contribution in [2.75, 3.05) is 13.2 Å². The SMILES string of the molecule is O=C(OC1CCOCC1)N1Cc2cccnc2C1. The molecule has 0 aromatic carbocycles. The maximum atomic E-state index is 12.0. The average molecular weight is 248 g/mol. The minimum Gasteiger partial charge on any atom is -0.446 e. The van der Waals surface area contributed by atoms with Crippen LogP contribution in [0.4, 0.5) is 4.79 Å². The van der Waals surface area contributed by atoms with Crippen LogP contribution in [-0.2, 0) is 22.6 Å². The molecule has 5 nitrogen and oxygen atoms in total. The van der Waals surface area contributed by atoms with E-state index in [1.165, 1.54) is 0 Å². The van der Waals surface area contributed by atoms with Crippen molar-refractivity contribution in [2.45, 2.75) is 32.0 Å². The lowest BCUT2D eigenvalue weighted by molar-refractivity contribution is -0.0107. The number of aromatic nitrogens is 1. The number of hydrogen-bond donors (Lipinski definition) is 0. The zero-order chi connectivity index (χ0) is 12.4. The van der Waals surface area contributed by atoms with Gasteiger partial charge in [0.1, 0.15) is 6.10 Å². The normalized spacial score (nSPS) is 19.7. The minimum absolute atomic E-state index is 0.00271. The number of nitrogens with zero attached hydrogens (tertiary/aromatic N) is 2. The Labute approximate surface area is 106 Å². The summed E-state index contributed by atoms with van der Waals surface area (Å²) in [7, 11) is 0. The van der Waals surface area contributed by atoms with Crippen molar-refractivity contribution in [3.63, 3.8) is 0 Å². The first-order chi connectivity index (χ1) is 8.83. The molecule has 3 rings (SSSR count). The maximum absolute atomic E-state index is 12.0. The van der Waals surface area contributed by atoms with E-state index >= 15 is 0 Å². The van der Waals surface area contributed by atoms with Crippen LogP contribution in [0.2, 0.25) is 0 Å². The lowest BCUT2D eigenvalue weighted by Crippen LogP contribution is -2.33. The number of amides is 1. The van der Waals surface area contributed by atoms with Crippen LogP contribution in [0.5, 0.6) is 0 Å². The molecule has 0 aliphatic carbocycles. The molecule has 0 unspecified atom stereocenters. The average Bonchev–Trinajstić information content (AvgIpc) is 2.84. The van der Waals surface area contributed by atoms with Gasteiger partial charge in [-0.2, -0.15) is 0 Å². The fourth-order valence-corrected chi connectivity index (χ4v) is 2.34. The number of fused-ring (bicyclic) bond motifs is 1. The minimum atomic E-state index is -0.236. The molecule has 3 heterocycles. The summed E-state index contributed by atoms with van der Waals surface area (Å²) in [5.74, 6) is 0. The van der Waals surface area contributed by atoms with E-state index in [0.717, 1.165) is 24.1 Å². The fraction of sp³-hybridized carbons (Fsp3) is 0.538. The van der Waals surface area contributed by atoms with Crippen molar-refractivity contribution in [1.82, 2.24) is 9.88 Å². The highest BCUT2D eigenvalue weighted by Crippen LogP contribution is 2.22. The molecule has 2 aliphatic heterocycles. The molecule has 0 saturated carbocycles. The van der Waals surface area contributed by atoms with E-state index in [1.54, 1.807) is 11.1 Å². The van der Waals surface area contributed by atoms with Crippen LogP contribution in [0, 0.1) is 0 Å². The predicted octanol–water partition coefficient (Wildman–Crippen LogP) is 1.71. The molecule has 1 saturated heterocycles. The summed E-state index contributed by atoms with van der Waals surface area (Å²) in [5.41, 5.74) is 2.09. The van der Waals surface area contributed by atoms with E-state index in [0.29, 0.717) is 26.3 Å². The number of rotatable bonds is 1. The molecule has 5 heteroatoms. The fourth-order valence-electron chi connectivity index (χ4n) is 2.34. The van der Waals surface area contributed by atoms with E-state index < -0.39 is 0 Å². The van der Waals surface area contributed by atoms with Gasteiger partial charge in [-0.3, -0.25) is 9.88 Å². The second-order valence-corrected chi connectivity index (χ2v) is 4.66. The van der Waals surface area contributed by atoms with Gasteiger partial charge in [-0.15, -0.1) is 0 Å². The third kappa shape index (κ3) is 2.31. The third-order valence-electron chi connectivity index (χ3n) is 3.38. The summed E-state index contributed by atoms with van der Waals surface area (Å²) in [5, 5.41) is 0. The Morgan fingerprint density at radius 2 is 2.22 bits per heavy atom. The van der Waals surface area contributed by atoms with E-state index in [9.17, 15) is 4.79 Å². The predicted molar refractivity (Wildman–Crippen MR) is 63.8 cm³/mol. The summed E-state index contributed by atoms with van der Waals surface area (Å²) in [6.45, 7) is 2.52. The van der Waals surface area contributed by atoms with Gasteiger partial charge in [0.15, 0.2) is 0 Å². The van der Waals surface area contributed by atoms with Crippen molar-refractivity contribution >= 4 is 6.09 Å². The molecular weight excluding hydrogens is 232 g/mol. The summed E-state index contributed by atoms with van der Waals surface area (Å²) >= 11 is 0. The highest BCUT2D eigenvalue weighted by molar-refractivity contribution is 5.68. The molecule has 96 valence electrons. The standard InChI is InChI=1S/C13H16N2O3/c16-13(18-11-3-6-17-7-4-11)15-8-10-2-1-5-14-12(10)9-15/h1-2,5,11H,3-4,6-9H2. The number of pyridine rings is 1. The summed E-state index contributed by atoms with van der Waals surface area (Å²) in [4.78, 5) is 18.0. The lowest BCUT2D eigenvalue weighted by Gasteiger charge is -2.24. The summed E-state index contributed by atoms with van der Waals surface area (Å²) < 4.78 is 10.7. The molecule has 0 radical (unpaired) electrons. The molecule has 2 aliphatic rings. The maximum Gasteiger partial charge on any atom is 0.410 e. The van der Waals surface area contributed by atoms with Crippen LogP contribution in [0.25, 0.3) is 0 Å². The van der Waals surface area contributed by atoms with E-state index in [2.05, 4.69) is 4.98 Å². The van der Waals surface area contributed by atoms with Crippen LogP contribution in [-0.4, -0.2) is 35.3 Å². The Hall–Kier alpha value is -1.62. The molecule has 1 fully saturated rings. The number of hydrogen-bond acceptors (Lipinski definition) is 4. The van der Waals surface area contributed by atoms with Crippen LogP contribution in [0.1, 0.15) is 24.1 Å². The van der Waals surface area contributed by atoms with Crippen molar-refractivity contribution in [2.24, 2.45) is 0 Å². The van der Waals surface area contributed by atoms with Crippen molar-refractivity contribution < 1.29 is 14.3 Å². The van der Waals surface area contributed by atoms with Crippen molar-refractivity contribution in [1.29, 1.82) is 0 Å². The molecule has 0 spiro atoms. The van der Waals surface area contributed by atoms with Crippen LogP contribution in [0.15, 0.2) is 18.3 Å². The van der Waals surface area contributed by atoms with Crippen LogP contribution >= 0.6 is 0 Å². The van der Waals surface area contributed by atoms with Gasteiger partial charge in [-0.1, -0.05) is 6.07 Å². The van der Waals surface area contributed by atoms with Gasteiger partial charge in [0.2, 0.25) is 0 Å². The Kier molecular flexibility index (Phi) is 3.15. The Morgan fingerprint density at radius 3 is 3.00 bits per heavy atom. The first-order valence-corrected chi connectivity index (χ1v) is 6.29. The van der Waals surface area contributed by atoms with Crippen molar-refractivity contribution in [3.05, 3.63) is 29.6 Å². The Balaban J connectivity index is 1.58. The van der Waals surface area contributed by atoms with Crippen molar-refractivity contribution in [3.8, 4) is 0 Å². The molecule has 1 amide bonds. The van der Waals surface area contributed by atoms with E-state index in [-0.39, 0.29) is 12.2 Å². The Morgan fingerprint density at radius 1 is 1.39 bits per heavy atom. The van der Waals surface area contributed by atoms with Crippen LogP contribution in [0.3, 0.4) is 0 Å². The highest BCUT2D eigenvalue weighted by Gasteiger charge is 2.27. The molecule has 1 aromatic rings. The smallest absolute Gasteiger partial charge is 0.410 e. The molecule has 1 aromatic heterocycles. The zero-order valence-electron chi connectivity index (χ0n) is 10.2. The first kappa shape index (κ1) is 11.5. The van der Waals surface area contributed by atoms with Gasteiger partial charge in [-0.25, -0.2) is 4.79 Å². The molecule has 0 N–H and O–H groups in total. The summed E-state index contributed by atoms with van der Waals surface area (Å²) in [6.07, 6.45) is 3.12. The first-order valence-electron chi connectivity index (χ1n) is 6.29. The molecular formula is C13H16N2O3. The number of carbonyl (C=O) groups excluding carboxylic acids is 1. The second-order valence-electron chi connectivity index (χ2n) is 4.66. The van der Waals surface area contributed by atoms with Gasteiger partial charge in [0.25, 0.3) is 0 Å². The molecule has 0 atom stereocenters. The quantitative estimate of drug-likeness (QED) is 0.759. The van der Waals surface area contributed by atoms with E-state index in [1.807, 2.05) is 12.1 Å². The van der Waals surface area contributed by atoms with Gasteiger partial charge in [-0.05, 0) is 11.6 Å². The van der Waals surface area contributed by atoms with Crippen LogP contribution < -0.4 is 0 Å². The highest BCUT2D eigenvalue weighted by atomic mass is 16.6. The second kappa shape index (κ2) is 4.94. The van der Waals surface area contributed by atoms with Gasteiger partial charge in [0, 0.05) is 19.0 Å². The summed E-state index contributed by atoms with van der Waals surface area (Å²) in [6, 6.07) is 3.90. The topological polar surface area (TPSA) is 51.7 Å². The number of carbonyl (C=O) groups is 1. The van der Waals surface area contributed by atoms with Gasteiger partial charge < -0.3 is 9.47 Å². The number of ether oxygens (including phenoxy) is 2. The van der Waals surface area contributed by atoms with Gasteiger partial charge in [0.05, 0.1) is 32.0 Å². The molecule has 18 heavy (non-hydrogen) atoms. The van der Waals surface area contributed by atoms with Gasteiger partial charge >= 0.3 is 6.09 Å².